The zero-order valence-electron chi connectivity index (χ0n) is 16.0. The van der Waals surface area contributed by atoms with Crippen molar-refractivity contribution in [1.82, 2.24) is 9.97 Å². The van der Waals surface area contributed by atoms with Gasteiger partial charge in [0.1, 0.15) is 17.1 Å². The van der Waals surface area contributed by atoms with E-state index in [0.717, 1.165) is 11.8 Å². The van der Waals surface area contributed by atoms with Crippen LogP contribution >= 0.6 is 0 Å². The van der Waals surface area contributed by atoms with Crippen LogP contribution in [-0.2, 0) is 6.18 Å². The van der Waals surface area contributed by atoms with Crippen molar-refractivity contribution in [3.63, 3.8) is 0 Å². The predicted octanol–water partition coefficient (Wildman–Crippen LogP) is 5.03. The zero-order chi connectivity index (χ0) is 21.3. The normalized spacial score (nSPS) is 12.6. The standard InChI is InChI=1S/C20H17F3N4O3/c1-11-3-5-13(28-2)8-15(11)26-18-14(20(21,22)23)9-24-19(27-18)25-12-4-6-16-17(7-12)30-10-29-16/h3-9H,10H2,1-2H3,(H2,24,25,26,27). The molecule has 0 spiro atoms. The van der Waals surface area contributed by atoms with E-state index < -0.39 is 11.7 Å². The molecule has 0 fully saturated rings. The number of aryl methyl sites for hydroxylation is 1. The molecule has 0 saturated heterocycles. The molecule has 2 N–H and O–H groups in total. The number of anilines is 4. The molecule has 0 unspecified atom stereocenters. The third-order valence-electron chi connectivity index (χ3n) is 4.42. The Labute approximate surface area is 169 Å². The predicted molar refractivity (Wildman–Crippen MR) is 104 cm³/mol. The Morgan fingerprint density at radius 2 is 1.83 bits per heavy atom. The minimum absolute atomic E-state index is 0.00934. The molecule has 4 rings (SSSR count). The molecule has 0 bridgehead atoms. The second-order valence-electron chi connectivity index (χ2n) is 6.45. The van der Waals surface area contributed by atoms with Gasteiger partial charge in [0.05, 0.1) is 7.11 Å². The van der Waals surface area contributed by atoms with Crippen LogP contribution in [0.3, 0.4) is 0 Å². The second-order valence-corrected chi connectivity index (χ2v) is 6.45. The van der Waals surface area contributed by atoms with Gasteiger partial charge in [0.2, 0.25) is 12.7 Å². The van der Waals surface area contributed by atoms with E-state index in [1.165, 1.54) is 7.11 Å². The molecule has 7 nitrogen and oxygen atoms in total. The zero-order valence-corrected chi connectivity index (χ0v) is 16.0. The Morgan fingerprint density at radius 1 is 1.03 bits per heavy atom. The average molecular weight is 418 g/mol. The smallest absolute Gasteiger partial charge is 0.421 e. The minimum Gasteiger partial charge on any atom is -0.497 e. The van der Waals surface area contributed by atoms with Gasteiger partial charge < -0.3 is 24.8 Å². The summed E-state index contributed by atoms with van der Waals surface area (Å²) in [4.78, 5) is 7.87. The van der Waals surface area contributed by atoms with Crippen LogP contribution in [0.2, 0.25) is 0 Å². The maximum absolute atomic E-state index is 13.5. The van der Waals surface area contributed by atoms with Gasteiger partial charge in [-0.05, 0) is 30.7 Å². The highest BCUT2D eigenvalue weighted by Gasteiger charge is 2.35. The van der Waals surface area contributed by atoms with Gasteiger partial charge in [0.15, 0.2) is 11.5 Å². The first-order valence-corrected chi connectivity index (χ1v) is 8.86. The quantitative estimate of drug-likeness (QED) is 0.602. The van der Waals surface area contributed by atoms with Crippen LogP contribution in [0.1, 0.15) is 11.1 Å². The van der Waals surface area contributed by atoms with Gasteiger partial charge in [-0.3, -0.25) is 0 Å². The molecule has 0 amide bonds. The second kappa shape index (κ2) is 7.62. The third kappa shape index (κ3) is 4.02. The Balaban J connectivity index is 1.67. The number of rotatable bonds is 5. The maximum atomic E-state index is 13.5. The van der Waals surface area contributed by atoms with Crippen molar-refractivity contribution >= 4 is 23.1 Å². The molecule has 1 aliphatic heterocycles. The number of nitrogens with zero attached hydrogens (tertiary/aromatic N) is 2. The molecule has 2 aromatic carbocycles. The van der Waals surface area contributed by atoms with Gasteiger partial charge in [-0.15, -0.1) is 0 Å². The Hall–Kier alpha value is -3.69. The number of alkyl halides is 3. The lowest BCUT2D eigenvalue weighted by Crippen LogP contribution is -2.13. The summed E-state index contributed by atoms with van der Waals surface area (Å²) in [6.07, 6.45) is -3.90. The van der Waals surface area contributed by atoms with Crippen LogP contribution in [0.25, 0.3) is 0 Å². The highest BCUT2D eigenvalue weighted by Crippen LogP contribution is 2.37. The molecule has 30 heavy (non-hydrogen) atoms. The van der Waals surface area contributed by atoms with Crippen LogP contribution in [0.15, 0.2) is 42.6 Å². The topological polar surface area (TPSA) is 77.5 Å². The fraction of sp³-hybridized carbons (Fsp3) is 0.200. The first-order chi connectivity index (χ1) is 14.3. The van der Waals surface area contributed by atoms with E-state index in [9.17, 15) is 13.2 Å². The van der Waals surface area contributed by atoms with Crippen LogP contribution in [0.4, 0.5) is 36.3 Å². The van der Waals surface area contributed by atoms with E-state index in [0.29, 0.717) is 28.6 Å². The summed E-state index contributed by atoms with van der Waals surface area (Å²) in [5, 5.41) is 5.64. The summed E-state index contributed by atoms with van der Waals surface area (Å²) in [7, 11) is 1.48. The van der Waals surface area contributed by atoms with Crippen molar-refractivity contribution in [2.45, 2.75) is 13.1 Å². The molecular weight excluding hydrogens is 401 g/mol. The van der Waals surface area contributed by atoms with E-state index in [2.05, 4.69) is 20.6 Å². The molecule has 3 aromatic rings. The van der Waals surface area contributed by atoms with Gasteiger partial charge in [-0.2, -0.15) is 18.2 Å². The minimum atomic E-state index is -4.63. The van der Waals surface area contributed by atoms with E-state index in [1.54, 1.807) is 43.3 Å². The van der Waals surface area contributed by atoms with E-state index in [1.807, 2.05) is 0 Å². The fourth-order valence-corrected chi connectivity index (χ4v) is 2.84. The summed E-state index contributed by atoms with van der Waals surface area (Å²) in [5.74, 6) is 1.23. The number of fused-ring (bicyclic) bond motifs is 1. The fourth-order valence-electron chi connectivity index (χ4n) is 2.84. The van der Waals surface area contributed by atoms with Crippen molar-refractivity contribution in [2.75, 3.05) is 24.5 Å². The molecule has 1 aromatic heterocycles. The first-order valence-electron chi connectivity index (χ1n) is 8.86. The van der Waals surface area contributed by atoms with Crippen LogP contribution in [-0.4, -0.2) is 23.9 Å². The maximum Gasteiger partial charge on any atom is 0.421 e. The average Bonchev–Trinajstić information content (AvgIpc) is 3.17. The lowest BCUT2D eigenvalue weighted by atomic mass is 10.2. The Kier molecular flexibility index (Phi) is 4.98. The van der Waals surface area contributed by atoms with Crippen LogP contribution in [0.5, 0.6) is 17.2 Å². The van der Waals surface area contributed by atoms with Crippen molar-refractivity contribution in [3.8, 4) is 17.2 Å². The summed E-state index contributed by atoms with van der Waals surface area (Å²) in [6, 6.07) is 10.1. The summed E-state index contributed by atoms with van der Waals surface area (Å²) < 4.78 is 56.2. The Morgan fingerprint density at radius 3 is 2.60 bits per heavy atom. The number of halogens is 3. The van der Waals surface area contributed by atoms with E-state index >= 15 is 0 Å². The first kappa shape index (κ1) is 19.6. The Bertz CT molecular complexity index is 1090. The number of aromatic nitrogens is 2. The van der Waals surface area contributed by atoms with Crippen molar-refractivity contribution < 1.29 is 27.4 Å². The number of benzene rings is 2. The van der Waals surface area contributed by atoms with Crippen LogP contribution < -0.4 is 24.8 Å². The molecule has 10 heteroatoms. The van der Waals surface area contributed by atoms with Crippen molar-refractivity contribution in [2.24, 2.45) is 0 Å². The number of hydrogen-bond donors (Lipinski definition) is 2. The number of methoxy groups -OCH3 is 1. The van der Waals surface area contributed by atoms with Gasteiger partial charge in [0, 0.05) is 29.7 Å². The van der Waals surface area contributed by atoms with Gasteiger partial charge in [-0.25, -0.2) is 4.98 Å². The van der Waals surface area contributed by atoms with Crippen molar-refractivity contribution in [3.05, 3.63) is 53.7 Å². The summed E-state index contributed by atoms with van der Waals surface area (Å²) in [5.41, 5.74) is 0.726. The molecule has 156 valence electrons. The highest BCUT2D eigenvalue weighted by atomic mass is 19.4. The molecule has 2 heterocycles. The number of hydrogen-bond acceptors (Lipinski definition) is 7. The molecular formula is C20H17F3N4O3. The molecule has 1 aliphatic rings. The summed E-state index contributed by atoms with van der Waals surface area (Å²) >= 11 is 0. The highest BCUT2D eigenvalue weighted by molar-refractivity contribution is 5.67. The lowest BCUT2D eigenvalue weighted by Gasteiger charge is -2.16. The van der Waals surface area contributed by atoms with Gasteiger partial charge >= 0.3 is 6.18 Å². The number of nitrogens with one attached hydrogen (secondary N) is 2. The van der Waals surface area contributed by atoms with Crippen molar-refractivity contribution in [1.29, 1.82) is 0 Å². The largest absolute Gasteiger partial charge is 0.497 e. The van der Waals surface area contributed by atoms with Gasteiger partial charge in [0.25, 0.3) is 0 Å². The molecule has 0 aliphatic carbocycles. The molecule has 0 radical (unpaired) electrons. The molecule has 0 atom stereocenters. The summed E-state index contributed by atoms with van der Waals surface area (Å²) in [6.45, 7) is 1.88. The van der Waals surface area contributed by atoms with E-state index in [-0.39, 0.29) is 18.6 Å². The van der Waals surface area contributed by atoms with Crippen LogP contribution in [0, 0.1) is 6.92 Å². The molecule has 0 saturated carbocycles. The monoisotopic (exact) mass is 418 g/mol. The SMILES string of the molecule is COc1ccc(C)c(Nc2nc(Nc3ccc4c(c3)OCO4)ncc2C(F)(F)F)c1. The van der Waals surface area contributed by atoms with Gasteiger partial charge in [-0.1, -0.05) is 6.07 Å². The third-order valence-corrected chi connectivity index (χ3v) is 4.42. The number of ether oxygens (including phenoxy) is 3. The lowest BCUT2D eigenvalue weighted by molar-refractivity contribution is -0.137. The van der Waals surface area contributed by atoms with E-state index in [4.69, 9.17) is 14.2 Å².